The molecular formula is C37H36N4O2. The van der Waals surface area contributed by atoms with Crippen LogP contribution in [0.15, 0.2) is 94.8 Å². The van der Waals surface area contributed by atoms with E-state index >= 15 is 0 Å². The highest BCUT2D eigenvalue weighted by Gasteiger charge is 2.19. The van der Waals surface area contributed by atoms with Crippen molar-refractivity contribution < 1.29 is 4.74 Å². The highest BCUT2D eigenvalue weighted by Crippen LogP contribution is 2.34. The van der Waals surface area contributed by atoms with Crippen molar-refractivity contribution in [2.24, 2.45) is 5.10 Å². The maximum Gasteiger partial charge on any atom is 0.282 e. The van der Waals surface area contributed by atoms with E-state index in [1.165, 1.54) is 15.8 Å². The summed E-state index contributed by atoms with van der Waals surface area (Å²) >= 11 is 0. The van der Waals surface area contributed by atoms with Gasteiger partial charge in [-0.05, 0) is 73.7 Å². The Hall–Kier alpha value is -4.97. The van der Waals surface area contributed by atoms with Gasteiger partial charge < -0.3 is 9.30 Å². The third-order valence-electron chi connectivity index (χ3n) is 8.24. The van der Waals surface area contributed by atoms with Crippen molar-refractivity contribution >= 4 is 28.0 Å². The van der Waals surface area contributed by atoms with Gasteiger partial charge in [-0.15, -0.1) is 0 Å². The first-order valence-corrected chi connectivity index (χ1v) is 14.6. The van der Waals surface area contributed by atoms with Crippen molar-refractivity contribution in [3.63, 3.8) is 0 Å². The fourth-order valence-corrected chi connectivity index (χ4v) is 5.79. The quantitative estimate of drug-likeness (QED) is 0.183. The highest BCUT2D eigenvalue weighted by atomic mass is 16.5. The van der Waals surface area contributed by atoms with Crippen LogP contribution in [-0.2, 0) is 6.54 Å². The molecule has 0 atom stereocenters. The summed E-state index contributed by atoms with van der Waals surface area (Å²) in [7, 11) is 1.69. The Morgan fingerprint density at radius 1 is 0.907 bits per heavy atom. The fraction of sp³-hybridized carbons (Fsp3) is 0.216. The highest BCUT2D eigenvalue weighted by molar-refractivity contribution is 6.01. The van der Waals surface area contributed by atoms with E-state index in [4.69, 9.17) is 14.8 Å². The minimum absolute atomic E-state index is 0.209. The molecule has 0 amide bonds. The van der Waals surface area contributed by atoms with Crippen molar-refractivity contribution in [1.29, 1.82) is 0 Å². The topological polar surface area (TPSA) is 61.4 Å². The lowest BCUT2D eigenvalue weighted by Gasteiger charge is -2.17. The zero-order valence-corrected chi connectivity index (χ0v) is 25.6. The standard InChI is InChI=1S/C37H36N4O2/c1-23(2)30-20-31(25(4)19-35(30)43-6)36-39-33-13-9-7-12-29(33)37(42)41(36)38-21-32-26(5)40(34-14-10-8-11-28(32)34)22-27-17-15-24(3)16-18-27/h7-21,23H,22H2,1-6H3. The molecule has 2 heterocycles. The van der Waals surface area contributed by atoms with Crippen LogP contribution < -0.4 is 10.3 Å². The van der Waals surface area contributed by atoms with E-state index in [1.807, 2.05) is 43.5 Å². The van der Waals surface area contributed by atoms with Crippen molar-refractivity contribution in [3.8, 4) is 17.1 Å². The molecule has 0 spiro atoms. The van der Waals surface area contributed by atoms with Crippen molar-refractivity contribution in [1.82, 2.24) is 14.2 Å². The Balaban J connectivity index is 1.55. The summed E-state index contributed by atoms with van der Waals surface area (Å²) in [5, 5.41) is 6.49. The summed E-state index contributed by atoms with van der Waals surface area (Å²) in [5.41, 5.74) is 8.94. The predicted octanol–water partition coefficient (Wildman–Crippen LogP) is 8.01. The minimum atomic E-state index is -0.209. The smallest absolute Gasteiger partial charge is 0.282 e. The molecule has 6 nitrogen and oxygen atoms in total. The SMILES string of the molecule is COc1cc(C)c(-c2nc3ccccc3c(=O)n2N=Cc2c(C)n(Cc3ccc(C)cc3)c3ccccc23)cc1C(C)C. The summed E-state index contributed by atoms with van der Waals surface area (Å²) in [5.74, 6) is 1.55. The van der Waals surface area contributed by atoms with E-state index in [0.29, 0.717) is 16.7 Å². The van der Waals surface area contributed by atoms with Crippen LogP contribution in [0.4, 0.5) is 0 Å². The van der Waals surface area contributed by atoms with Gasteiger partial charge in [-0.3, -0.25) is 4.79 Å². The van der Waals surface area contributed by atoms with E-state index < -0.39 is 0 Å². The van der Waals surface area contributed by atoms with Crippen molar-refractivity contribution in [2.75, 3.05) is 7.11 Å². The molecule has 0 aliphatic rings. The summed E-state index contributed by atoms with van der Waals surface area (Å²) in [6.45, 7) is 11.2. The lowest BCUT2D eigenvalue weighted by Crippen LogP contribution is -2.21. The second kappa shape index (κ2) is 11.4. The second-order valence-electron chi connectivity index (χ2n) is 11.5. The van der Waals surface area contributed by atoms with Gasteiger partial charge in [0, 0.05) is 34.3 Å². The molecule has 6 rings (SSSR count). The number of aryl methyl sites for hydroxylation is 2. The average Bonchev–Trinajstić information content (AvgIpc) is 3.27. The van der Waals surface area contributed by atoms with Gasteiger partial charge >= 0.3 is 0 Å². The van der Waals surface area contributed by atoms with E-state index in [-0.39, 0.29) is 11.5 Å². The molecule has 0 N–H and O–H groups in total. The third kappa shape index (κ3) is 5.14. The lowest BCUT2D eigenvalue weighted by molar-refractivity contribution is 0.407. The Kier molecular flexibility index (Phi) is 7.45. The Bertz CT molecular complexity index is 2060. The molecule has 0 radical (unpaired) electrons. The number of hydrogen-bond acceptors (Lipinski definition) is 4. The molecule has 0 aliphatic heterocycles. The van der Waals surface area contributed by atoms with Crippen LogP contribution in [0.3, 0.4) is 0 Å². The van der Waals surface area contributed by atoms with Crippen LogP contribution in [-0.4, -0.2) is 27.6 Å². The zero-order chi connectivity index (χ0) is 30.2. The summed E-state index contributed by atoms with van der Waals surface area (Å²) in [4.78, 5) is 19.0. The van der Waals surface area contributed by atoms with Crippen molar-refractivity contribution in [2.45, 2.75) is 47.1 Å². The Morgan fingerprint density at radius 3 is 2.33 bits per heavy atom. The Labute approximate surface area is 251 Å². The monoisotopic (exact) mass is 568 g/mol. The Morgan fingerprint density at radius 2 is 1.60 bits per heavy atom. The van der Waals surface area contributed by atoms with Gasteiger partial charge in [0.05, 0.1) is 24.2 Å². The summed E-state index contributed by atoms with van der Waals surface area (Å²) in [6, 6.07) is 28.5. The molecule has 6 aromatic rings. The number of methoxy groups -OCH3 is 1. The molecule has 4 aromatic carbocycles. The van der Waals surface area contributed by atoms with E-state index in [2.05, 4.69) is 80.8 Å². The maximum atomic E-state index is 14.0. The first kappa shape index (κ1) is 28.2. The number of fused-ring (bicyclic) bond motifs is 2. The van der Waals surface area contributed by atoms with Crippen LogP contribution in [0.1, 0.15) is 53.3 Å². The van der Waals surface area contributed by atoms with Crippen LogP contribution in [0.2, 0.25) is 0 Å². The lowest BCUT2D eigenvalue weighted by atomic mass is 9.96. The van der Waals surface area contributed by atoms with Gasteiger partial charge in [-0.1, -0.05) is 74.0 Å². The number of aromatic nitrogens is 3. The van der Waals surface area contributed by atoms with Crippen LogP contribution in [0.5, 0.6) is 5.75 Å². The average molecular weight is 569 g/mol. The number of hydrogen-bond donors (Lipinski definition) is 0. The fourth-order valence-electron chi connectivity index (χ4n) is 5.79. The molecule has 0 unspecified atom stereocenters. The second-order valence-corrected chi connectivity index (χ2v) is 11.5. The summed E-state index contributed by atoms with van der Waals surface area (Å²) < 4.78 is 9.45. The van der Waals surface area contributed by atoms with Crippen LogP contribution in [0.25, 0.3) is 33.2 Å². The van der Waals surface area contributed by atoms with Gasteiger partial charge in [-0.2, -0.15) is 9.78 Å². The molecule has 43 heavy (non-hydrogen) atoms. The molecule has 0 fully saturated rings. The van der Waals surface area contributed by atoms with E-state index in [9.17, 15) is 4.79 Å². The number of nitrogens with zero attached hydrogens (tertiary/aromatic N) is 4. The molecule has 6 heteroatoms. The van der Waals surface area contributed by atoms with Gasteiger partial charge in [0.2, 0.25) is 0 Å². The van der Waals surface area contributed by atoms with Crippen molar-refractivity contribution in [3.05, 3.63) is 129 Å². The molecule has 0 saturated heterocycles. The predicted molar refractivity (Wildman–Crippen MR) is 177 cm³/mol. The van der Waals surface area contributed by atoms with Crippen LogP contribution in [0, 0.1) is 20.8 Å². The molecular weight excluding hydrogens is 532 g/mol. The first-order valence-electron chi connectivity index (χ1n) is 14.6. The largest absolute Gasteiger partial charge is 0.496 e. The van der Waals surface area contributed by atoms with E-state index in [0.717, 1.165) is 51.1 Å². The maximum absolute atomic E-state index is 14.0. The molecule has 216 valence electrons. The molecule has 0 bridgehead atoms. The number of para-hydroxylation sites is 2. The first-order chi connectivity index (χ1) is 20.8. The van der Waals surface area contributed by atoms with Gasteiger partial charge in [0.25, 0.3) is 5.56 Å². The van der Waals surface area contributed by atoms with Gasteiger partial charge in [0.15, 0.2) is 5.82 Å². The molecule has 0 saturated carbocycles. The van der Waals surface area contributed by atoms with Gasteiger partial charge in [0.1, 0.15) is 5.75 Å². The van der Waals surface area contributed by atoms with E-state index in [1.54, 1.807) is 13.2 Å². The number of ether oxygens (including phenoxy) is 1. The summed E-state index contributed by atoms with van der Waals surface area (Å²) in [6.07, 6.45) is 1.81. The molecule has 0 aliphatic carbocycles. The third-order valence-corrected chi connectivity index (χ3v) is 8.24. The zero-order valence-electron chi connectivity index (χ0n) is 25.6. The van der Waals surface area contributed by atoms with Crippen LogP contribution >= 0.6 is 0 Å². The van der Waals surface area contributed by atoms with Gasteiger partial charge in [-0.25, -0.2) is 4.98 Å². The molecule has 2 aromatic heterocycles. The number of benzene rings is 4. The number of rotatable bonds is 7. The normalized spacial score (nSPS) is 11.8. The minimum Gasteiger partial charge on any atom is -0.496 e.